The van der Waals surface area contributed by atoms with Gasteiger partial charge in [-0.2, -0.15) is 5.26 Å². The highest BCUT2D eigenvalue weighted by atomic mass is 16.5. The van der Waals surface area contributed by atoms with Gasteiger partial charge in [-0.3, -0.25) is 0 Å². The number of nitrogens with one attached hydrogen (secondary N) is 1. The summed E-state index contributed by atoms with van der Waals surface area (Å²) < 4.78 is 5.15. The second kappa shape index (κ2) is 6.63. The zero-order valence-corrected chi connectivity index (χ0v) is 11.8. The van der Waals surface area contributed by atoms with Gasteiger partial charge in [-0.25, -0.2) is 0 Å². The Morgan fingerprint density at radius 3 is 2.70 bits per heavy atom. The molecule has 0 saturated heterocycles. The van der Waals surface area contributed by atoms with Crippen LogP contribution in [0.1, 0.15) is 23.6 Å². The molecule has 0 unspecified atom stereocenters. The molecule has 0 radical (unpaired) electrons. The van der Waals surface area contributed by atoms with Crippen LogP contribution in [0.5, 0.6) is 5.75 Å². The van der Waals surface area contributed by atoms with Gasteiger partial charge in [-0.1, -0.05) is 31.2 Å². The quantitative estimate of drug-likeness (QED) is 0.896. The first-order chi connectivity index (χ1) is 9.78. The lowest BCUT2D eigenvalue weighted by molar-refractivity contribution is 0.413. The third-order valence-corrected chi connectivity index (χ3v) is 3.27. The molecule has 0 aliphatic rings. The van der Waals surface area contributed by atoms with E-state index < -0.39 is 0 Å². The molecule has 0 bridgehead atoms. The molecule has 0 amide bonds. The SMILES string of the molecule is CCc1ccccc1NCc1ccc(OC)c(C#N)c1. The predicted molar refractivity (Wildman–Crippen MR) is 80.9 cm³/mol. The second-order valence-corrected chi connectivity index (χ2v) is 4.51. The molecular weight excluding hydrogens is 248 g/mol. The number of benzene rings is 2. The van der Waals surface area contributed by atoms with E-state index in [2.05, 4.69) is 30.4 Å². The largest absolute Gasteiger partial charge is 0.495 e. The fourth-order valence-corrected chi connectivity index (χ4v) is 2.15. The van der Waals surface area contributed by atoms with Crippen molar-refractivity contribution in [3.63, 3.8) is 0 Å². The number of ether oxygens (including phenoxy) is 1. The average Bonchev–Trinajstić information content (AvgIpc) is 2.52. The molecule has 0 fully saturated rings. The van der Waals surface area contributed by atoms with Crippen molar-refractivity contribution in [2.75, 3.05) is 12.4 Å². The lowest BCUT2D eigenvalue weighted by Crippen LogP contribution is -2.02. The van der Waals surface area contributed by atoms with E-state index >= 15 is 0 Å². The standard InChI is InChI=1S/C17H18N2O/c1-3-14-6-4-5-7-16(14)19-12-13-8-9-17(20-2)15(10-13)11-18/h4-10,19H,3,12H2,1-2H3. The van der Waals surface area contributed by atoms with Gasteiger partial charge in [-0.05, 0) is 35.7 Å². The van der Waals surface area contributed by atoms with Crippen molar-refractivity contribution in [2.45, 2.75) is 19.9 Å². The van der Waals surface area contributed by atoms with Crippen LogP contribution in [-0.4, -0.2) is 7.11 Å². The van der Waals surface area contributed by atoms with E-state index in [1.54, 1.807) is 7.11 Å². The fraction of sp³-hybridized carbons (Fsp3) is 0.235. The highest BCUT2D eigenvalue weighted by Crippen LogP contribution is 2.21. The number of hydrogen-bond donors (Lipinski definition) is 1. The Bertz CT molecular complexity index is 629. The van der Waals surface area contributed by atoms with Gasteiger partial charge in [-0.15, -0.1) is 0 Å². The topological polar surface area (TPSA) is 45.0 Å². The van der Waals surface area contributed by atoms with E-state index in [1.165, 1.54) is 5.56 Å². The number of nitrogens with zero attached hydrogens (tertiary/aromatic N) is 1. The summed E-state index contributed by atoms with van der Waals surface area (Å²) in [5, 5.41) is 12.5. The summed E-state index contributed by atoms with van der Waals surface area (Å²) in [4.78, 5) is 0. The number of nitriles is 1. The van der Waals surface area contributed by atoms with Crippen molar-refractivity contribution >= 4 is 5.69 Å². The minimum Gasteiger partial charge on any atom is -0.495 e. The van der Waals surface area contributed by atoms with Crippen molar-refractivity contribution in [3.05, 3.63) is 59.2 Å². The van der Waals surface area contributed by atoms with E-state index in [0.29, 0.717) is 17.9 Å². The number of anilines is 1. The Morgan fingerprint density at radius 2 is 2.00 bits per heavy atom. The third kappa shape index (κ3) is 3.10. The van der Waals surface area contributed by atoms with Crippen LogP contribution in [0.25, 0.3) is 0 Å². The Morgan fingerprint density at radius 1 is 1.20 bits per heavy atom. The summed E-state index contributed by atoms with van der Waals surface area (Å²) in [5.74, 6) is 0.616. The monoisotopic (exact) mass is 266 g/mol. The third-order valence-electron chi connectivity index (χ3n) is 3.27. The second-order valence-electron chi connectivity index (χ2n) is 4.51. The lowest BCUT2D eigenvalue weighted by atomic mass is 10.1. The smallest absolute Gasteiger partial charge is 0.136 e. The normalized spacial score (nSPS) is 9.85. The first-order valence-electron chi connectivity index (χ1n) is 6.67. The maximum absolute atomic E-state index is 9.09. The van der Waals surface area contributed by atoms with Gasteiger partial charge in [0.25, 0.3) is 0 Å². The van der Waals surface area contributed by atoms with Crippen LogP contribution in [0.4, 0.5) is 5.69 Å². The molecule has 1 N–H and O–H groups in total. The Labute approximate surface area is 119 Å². The maximum Gasteiger partial charge on any atom is 0.136 e. The average molecular weight is 266 g/mol. The Hall–Kier alpha value is -2.47. The van der Waals surface area contributed by atoms with Gasteiger partial charge < -0.3 is 10.1 Å². The number of aryl methyl sites for hydroxylation is 1. The van der Waals surface area contributed by atoms with Gasteiger partial charge in [0, 0.05) is 12.2 Å². The minimum atomic E-state index is 0.565. The van der Waals surface area contributed by atoms with Gasteiger partial charge in [0.1, 0.15) is 11.8 Å². The number of methoxy groups -OCH3 is 1. The summed E-state index contributed by atoms with van der Waals surface area (Å²) in [7, 11) is 1.57. The molecule has 0 aliphatic heterocycles. The molecule has 0 aromatic heterocycles. The van der Waals surface area contributed by atoms with Crippen LogP contribution >= 0.6 is 0 Å². The van der Waals surface area contributed by atoms with Gasteiger partial charge in [0.05, 0.1) is 12.7 Å². The molecule has 2 rings (SSSR count). The molecule has 0 saturated carbocycles. The van der Waals surface area contributed by atoms with Crippen molar-refractivity contribution < 1.29 is 4.74 Å². The molecule has 102 valence electrons. The molecule has 3 heteroatoms. The minimum absolute atomic E-state index is 0.565. The highest BCUT2D eigenvalue weighted by molar-refractivity contribution is 5.52. The molecule has 3 nitrogen and oxygen atoms in total. The predicted octanol–water partition coefficient (Wildman–Crippen LogP) is 3.74. The lowest BCUT2D eigenvalue weighted by Gasteiger charge is -2.11. The summed E-state index contributed by atoms with van der Waals surface area (Å²) in [5.41, 5.74) is 4.06. The molecule has 0 aliphatic carbocycles. The van der Waals surface area contributed by atoms with E-state index in [4.69, 9.17) is 10.00 Å². The molecule has 2 aromatic rings. The van der Waals surface area contributed by atoms with Crippen LogP contribution in [0.3, 0.4) is 0 Å². The van der Waals surface area contributed by atoms with E-state index in [0.717, 1.165) is 17.7 Å². The maximum atomic E-state index is 9.09. The highest BCUT2D eigenvalue weighted by Gasteiger charge is 2.04. The fourth-order valence-electron chi connectivity index (χ4n) is 2.15. The van der Waals surface area contributed by atoms with Crippen LogP contribution in [0.2, 0.25) is 0 Å². The van der Waals surface area contributed by atoms with Crippen molar-refractivity contribution in [1.29, 1.82) is 5.26 Å². The summed E-state index contributed by atoms with van der Waals surface area (Å²) in [6, 6.07) is 16.1. The van der Waals surface area contributed by atoms with Crippen LogP contribution in [-0.2, 0) is 13.0 Å². The molecule has 0 spiro atoms. The van der Waals surface area contributed by atoms with Gasteiger partial charge in [0.15, 0.2) is 0 Å². The summed E-state index contributed by atoms with van der Waals surface area (Å²) >= 11 is 0. The number of rotatable bonds is 5. The van der Waals surface area contributed by atoms with E-state index in [1.807, 2.05) is 30.3 Å². The molecule has 20 heavy (non-hydrogen) atoms. The molecule has 0 heterocycles. The number of hydrogen-bond acceptors (Lipinski definition) is 3. The van der Waals surface area contributed by atoms with Crippen molar-refractivity contribution in [2.24, 2.45) is 0 Å². The summed E-state index contributed by atoms with van der Waals surface area (Å²) in [6.07, 6.45) is 0.995. The first-order valence-corrected chi connectivity index (χ1v) is 6.67. The molecule has 2 aromatic carbocycles. The van der Waals surface area contributed by atoms with Crippen molar-refractivity contribution in [3.8, 4) is 11.8 Å². The van der Waals surface area contributed by atoms with Gasteiger partial charge >= 0.3 is 0 Å². The Kier molecular flexibility index (Phi) is 4.62. The van der Waals surface area contributed by atoms with Crippen molar-refractivity contribution in [1.82, 2.24) is 0 Å². The zero-order valence-electron chi connectivity index (χ0n) is 11.8. The Balaban J connectivity index is 2.13. The molecular formula is C17H18N2O. The first kappa shape index (κ1) is 14.0. The number of para-hydroxylation sites is 1. The summed E-state index contributed by atoms with van der Waals surface area (Å²) in [6.45, 7) is 2.83. The van der Waals surface area contributed by atoms with Crippen LogP contribution < -0.4 is 10.1 Å². The van der Waals surface area contributed by atoms with E-state index in [9.17, 15) is 0 Å². The van der Waals surface area contributed by atoms with E-state index in [-0.39, 0.29) is 0 Å². The van der Waals surface area contributed by atoms with Crippen LogP contribution in [0, 0.1) is 11.3 Å². The van der Waals surface area contributed by atoms with Crippen LogP contribution in [0.15, 0.2) is 42.5 Å². The van der Waals surface area contributed by atoms with Gasteiger partial charge in [0.2, 0.25) is 0 Å². The molecule has 0 atom stereocenters. The zero-order chi connectivity index (χ0) is 14.4.